The molecule has 1 amide bonds. The molecule has 0 aliphatic carbocycles. The summed E-state index contributed by atoms with van der Waals surface area (Å²) >= 11 is 0. The lowest BCUT2D eigenvalue weighted by Gasteiger charge is -2.20. The average molecular weight is 298 g/mol. The van der Waals surface area contributed by atoms with E-state index in [0.717, 1.165) is 17.7 Å². The van der Waals surface area contributed by atoms with Crippen LogP contribution in [0.5, 0.6) is 5.88 Å². The Labute approximate surface area is 129 Å². The fraction of sp³-hybridized carbons (Fsp3) is 0.375. The maximum Gasteiger partial charge on any atom is 0.253 e. The van der Waals surface area contributed by atoms with Crippen molar-refractivity contribution in [3.8, 4) is 5.88 Å². The van der Waals surface area contributed by atoms with Gasteiger partial charge in [-0.05, 0) is 25.5 Å². The summed E-state index contributed by atoms with van der Waals surface area (Å²) in [5.74, 6) is 0.673. The van der Waals surface area contributed by atoms with Crippen molar-refractivity contribution in [2.75, 3.05) is 19.7 Å². The van der Waals surface area contributed by atoms with Crippen molar-refractivity contribution in [2.24, 2.45) is 0 Å². The van der Waals surface area contributed by atoms with Crippen molar-refractivity contribution < 1.29 is 9.53 Å². The Bertz CT molecular complexity index is 660. The monoisotopic (exact) mass is 298 g/mol. The Kier molecular flexibility index (Phi) is 4.27. The number of amides is 1. The maximum atomic E-state index is 12.5. The molecule has 0 atom stereocenters. The van der Waals surface area contributed by atoms with E-state index in [1.807, 2.05) is 11.8 Å². The zero-order chi connectivity index (χ0) is 15.4. The van der Waals surface area contributed by atoms with E-state index >= 15 is 0 Å². The first-order chi connectivity index (χ1) is 10.8. The van der Waals surface area contributed by atoms with E-state index in [4.69, 9.17) is 4.74 Å². The fourth-order valence-electron chi connectivity index (χ4n) is 2.64. The molecule has 0 bridgehead atoms. The minimum Gasteiger partial charge on any atom is -0.478 e. The van der Waals surface area contributed by atoms with Gasteiger partial charge in [0.15, 0.2) is 0 Å². The Morgan fingerprint density at radius 1 is 1.23 bits per heavy atom. The molecule has 0 saturated heterocycles. The standard InChI is InChI=1S/C16H18N4O2/c1-2-22-15-13-5-9-20(10-6-14(13)18-11-19-15)16(21)12-3-7-17-8-4-12/h3-4,7-8,11H,2,5-6,9-10H2,1H3. The number of pyridine rings is 1. The van der Waals surface area contributed by atoms with Crippen LogP contribution in [0.2, 0.25) is 0 Å². The third-order valence-corrected chi connectivity index (χ3v) is 3.74. The molecule has 2 aromatic rings. The number of nitrogens with zero attached hydrogens (tertiary/aromatic N) is 4. The zero-order valence-electron chi connectivity index (χ0n) is 12.5. The minimum atomic E-state index is 0.0288. The van der Waals surface area contributed by atoms with Gasteiger partial charge in [0, 0.05) is 43.0 Å². The van der Waals surface area contributed by atoms with Crippen LogP contribution in [0.25, 0.3) is 0 Å². The van der Waals surface area contributed by atoms with Crippen LogP contribution in [0.4, 0.5) is 0 Å². The number of ether oxygens (including phenoxy) is 1. The molecule has 0 spiro atoms. The molecule has 0 aromatic carbocycles. The quantitative estimate of drug-likeness (QED) is 0.859. The van der Waals surface area contributed by atoms with Gasteiger partial charge in [0.1, 0.15) is 6.33 Å². The molecular weight excluding hydrogens is 280 g/mol. The van der Waals surface area contributed by atoms with Gasteiger partial charge in [-0.15, -0.1) is 0 Å². The molecule has 0 N–H and O–H groups in total. The normalized spacial score (nSPS) is 14.1. The Morgan fingerprint density at radius 3 is 2.77 bits per heavy atom. The average Bonchev–Trinajstić information content (AvgIpc) is 2.79. The predicted molar refractivity (Wildman–Crippen MR) is 80.7 cm³/mol. The summed E-state index contributed by atoms with van der Waals surface area (Å²) in [6.45, 7) is 3.80. The molecule has 0 fully saturated rings. The number of carbonyl (C=O) groups is 1. The maximum absolute atomic E-state index is 12.5. The van der Waals surface area contributed by atoms with Crippen molar-refractivity contribution in [3.63, 3.8) is 0 Å². The van der Waals surface area contributed by atoms with E-state index < -0.39 is 0 Å². The molecule has 114 valence electrons. The second kappa shape index (κ2) is 6.51. The van der Waals surface area contributed by atoms with Gasteiger partial charge in [-0.3, -0.25) is 9.78 Å². The zero-order valence-corrected chi connectivity index (χ0v) is 12.5. The van der Waals surface area contributed by atoms with E-state index in [-0.39, 0.29) is 5.91 Å². The highest BCUT2D eigenvalue weighted by molar-refractivity contribution is 5.94. The number of fused-ring (bicyclic) bond motifs is 1. The Hall–Kier alpha value is -2.50. The lowest BCUT2D eigenvalue weighted by molar-refractivity contribution is 0.0762. The first kappa shape index (κ1) is 14.4. The third-order valence-electron chi connectivity index (χ3n) is 3.74. The van der Waals surface area contributed by atoms with Crippen molar-refractivity contribution in [3.05, 3.63) is 47.7 Å². The Morgan fingerprint density at radius 2 is 2.00 bits per heavy atom. The van der Waals surface area contributed by atoms with E-state index in [0.29, 0.717) is 37.6 Å². The van der Waals surface area contributed by atoms with Gasteiger partial charge >= 0.3 is 0 Å². The molecule has 0 unspecified atom stereocenters. The fourth-order valence-corrected chi connectivity index (χ4v) is 2.64. The second-order valence-corrected chi connectivity index (χ2v) is 5.07. The summed E-state index contributed by atoms with van der Waals surface area (Å²) in [6.07, 6.45) is 6.23. The molecule has 0 radical (unpaired) electrons. The van der Waals surface area contributed by atoms with Gasteiger partial charge in [-0.1, -0.05) is 0 Å². The van der Waals surface area contributed by atoms with E-state index in [2.05, 4.69) is 15.0 Å². The smallest absolute Gasteiger partial charge is 0.253 e. The molecule has 1 aliphatic rings. The van der Waals surface area contributed by atoms with Crippen LogP contribution in [0.15, 0.2) is 30.9 Å². The molecule has 3 rings (SSSR count). The largest absolute Gasteiger partial charge is 0.478 e. The molecule has 6 nitrogen and oxygen atoms in total. The van der Waals surface area contributed by atoms with E-state index in [1.54, 1.807) is 24.5 Å². The molecule has 3 heterocycles. The SMILES string of the molecule is CCOc1ncnc2c1CCN(C(=O)c1ccncc1)CC2. The summed E-state index contributed by atoms with van der Waals surface area (Å²) in [6, 6.07) is 3.48. The van der Waals surface area contributed by atoms with Crippen LogP contribution in [0, 0.1) is 0 Å². The summed E-state index contributed by atoms with van der Waals surface area (Å²) in [7, 11) is 0. The van der Waals surface area contributed by atoms with Gasteiger partial charge in [-0.2, -0.15) is 0 Å². The number of hydrogen-bond donors (Lipinski definition) is 0. The van der Waals surface area contributed by atoms with Crippen LogP contribution in [-0.2, 0) is 12.8 Å². The lowest BCUT2D eigenvalue weighted by atomic mass is 10.1. The number of hydrogen-bond acceptors (Lipinski definition) is 5. The van der Waals surface area contributed by atoms with Crippen molar-refractivity contribution in [1.82, 2.24) is 19.9 Å². The summed E-state index contributed by atoms with van der Waals surface area (Å²) in [5.41, 5.74) is 2.66. The molecular formula is C16H18N4O2. The third kappa shape index (κ3) is 2.90. The van der Waals surface area contributed by atoms with Crippen LogP contribution in [0.3, 0.4) is 0 Å². The van der Waals surface area contributed by atoms with E-state index in [9.17, 15) is 4.79 Å². The second-order valence-electron chi connectivity index (χ2n) is 5.07. The molecule has 6 heteroatoms. The highest BCUT2D eigenvalue weighted by Gasteiger charge is 2.22. The first-order valence-electron chi connectivity index (χ1n) is 7.44. The predicted octanol–water partition coefficient (Wildman–Crippen LogP) is 1.51. The van der Waals surface area contributed by atoms with Gasteiger partial charge < -0.3 is 9.64 Å². The van der Waals surface area contributed by atoms with Gasteiger partial charge in [0.05, 0.1) is 12.3 Å². The number of rotatable bonds is 3. The highest BCUT2D eigenvalue weighted by atomic mass is 16.5. The number of carbonyl (C=O) groups excluding carboxylic acids is 1. The topological polar surface area (TPSA) is 68.2 Å². The van der Waals surface area contributed by atoms with Gasteiger partial charge in [-0.25, -0.2) is 9.97 Å². The first-order valence-corrected chi connectivity index (χ1v) is 7.44. The van der Waals surface area contributed by atoms with Crippen LogP contribution >= 0.6 is 0 Å². The molecule has 0 saturated carbocycles. The summed E-state index contributed by atoms with van der Waals surface area (Å²) < 4.78 is 5.58. The molecule has 2 aromatic heterocycles. The van der Waals surface area contributed by atoms with E-state index in [1.165, 1.54) is 6.33 Å². The van der Waals surface area contributed by atoms with Crippen LogP contribution in [0.1, 0.15) is 28.5 Å². The molecule has 22 heavy (non-hydrogen) atoms. The number of aromatic nitrogens is 3. The van der Waals surface area contributed by atoms with Crippen molar-refractivity contribution >= 4 is 5.91 Å². The lowest BCUT2D eigenvalue weighted by Crippen LogP contribution is -2.33. The van der Waals surface area contributed by atoms with Crippen LogP contribution < -0.4 is 4.74 Å². The van der Waals surface area contributed by atoms with Crippen molar-refractivity contribution in [1.29, 1.82) is 0 Å². The van der Waals surface area contributed by atoms with Crippen molar-refractivity contribution in [2.45, 2.75) is 19.8 Å². The van der Waals surface area contributed by atoms with Gasteiger partial charge in [0.2, 0.25) is 5.88 Å². The summed E-state index contributed by atoms with van der Waals surface area (Å²) in [5, 5.41) is 0. The van der Waals surface area contributed by atoms with Crippen LogP contribution in [-0.4, -0.2) is 45.5 Å². The van der Waals surface area contributed by atoms with Gasteiger partial charge in [0.25, 0.3) is 5.91 Å². The summed E-state index contributed by atoms with van der Waals surface area (Å²) in [4.78, 5) is 26.9. The minimum absolute atomic E-state index is 0.0288. The highest BCUT2D eigenvalue weighted by Crippen LogP contribution is 2.22. The molecule has 1 aliphatic heterocycles. The Balaban J connectivity index is 1.79.